The number of benzene rings is 1. The van der Waals surface area contributed by atoms with Crippen LogP contribution in [0.15, 0.2) is 30.3 Å². The monoisotopic (exact) mass is 230 g/mol. The SMILES string of the molecule is CC1CN(C[C]=O)C(C)CC1c1ccccc1. The summed E-state index contributed by atoms with van der Waals surface area (Å²) in [6, 6.07) is 11.2. The molecule has 91 valence electrons. The molecule has 1 aliphatic rings. The van der Waals surface area contributed by atoms with Crippen LogP contribution in [0.3, 0.4) is 0 Å². The van der Waals surface area contributed by atoms with E-state index in [2.05, 4.69) is 49.1 Å². The van der Waals surface area contributed by atoms with Gasteiger partial charge in [-0.2, -0.15) is 0 Å². The van der Waals surface area contributed by atoms with Gasteiger partial charge in [-0.15, -0.1) is 0 Å². The second-order valence-electron chi connectivity index (χ2n) is 5.15. The van der Waals surface area contributed by atoms with Crippen LogP contribution in [0.5, 0.6) is 0 Å². The molecule has 17 heavy (non-hydrogen) atoms. The summed E-state index contributed by atoms with van der Waals surface area (Å²) in [6.45, 7) is 5.93. The molecule has 1 aliphatic heterocycles. The van der Waals surface area contributed by atoms with Crippen LogP contribution in [0.4, 0.5) is 0 Å². The lowest BCUT2D eigenvalue weighted by Gasteiger charge is -2.41. The Morgan fingerprint density at radius 3 is 2.65 bits per heavy atom. The molecule has 1 radical (unpaired) electrons. The fraction of sp³-hybridized carbons (Fsp3) is 0.533. The van der Waals surface area contributed by atoms with E-state index in [4.69, 9.17) is 0 Å². The number of carbonyl (C=O) groups excluding carboxylic acids is 1. The van der Waals surface area contributed by atoms with Crippen molar-refractivity contribution in [3.05, 3.63) is 35.9 Å². The molecule has 0 N–H and O–H groups in total. The van der Waals surface area contributed by atoms with Crippen LogP contribution in [-0.2, 0) is 4.79 Å². The van der Waals surface area contributed by atoms with E-state index in [-0.39, 0.29) is 0 Å². The van der Waals surface area contributed by atoms with E-state index in [9.17, 15) is 4.79 Å². The highest BCUT2D eigenvalue weighted by Gasteiger charge is 2.31. The average Bonchev–Trinajstić information content (AvgIpc) is 2.35. The first-order chi connectivity index (χ1) is 8.22. The minimum absolute atomic E-state index is 0.451. The van der Waals surface area contributed by atoms with E-state index in [1.165, 1.54) is 5.56 Å². The quantitative estimate of drug-likeness (QED) is 0.795. The maximum atomic E-state index is 10.5. The smallest absolute Gasteiger partial charge is 0.213 e. The minimum atomic E-state index is 0.451. The fourth-order valence-corrected chi connectivity index (χ4v) is 2.89. The van der Waals surface area contributed by atoms with E-state index in [1.807, 2.05) is 6.29 Å². The Morgan fingerprint density at radius 1 is 1.29 bits per heavy atom. The van der Waals surface area contributed by atoms with E-state index < -0.39 is 0 Å². The van der Waals surface area contributed by atoms with Gasteiger partial charge in [0.2, 0.25) is 6.29 Å². The third kappa shape index (κ3) is 2.75. The Kier molecular flexibility index (Phi) is 3.95. The van der Waals surface area contributed by atoms with Gasteiger partial charge in [-0.3, -0.25) is 9.69 Å². The van der Waals surface area contributed by atoms with Gasteiger partial charge in [0.25, 0.3) is 0 Å². The minimum Gasteiger partial charge on any atom is -0.293 e. The van der Waals surface area contributed by atoms with Crippen molar-refractivity contribution >= 4 is 6.29 Å². The highest BCUT2D eigenvalue weighted by Crippen LogP contribution is 2.35. The van der Waals surface area contributed by atoms with Crippen LogP contribution in [0.1, 0.15) is 31.7 Å². The molecule has 0 spiro atoms. The molecule has 0 aromatic heterocycles. The Hall–Kier alpha value is -1.15. The van der Waals surface area contributed by atoms with Crippen LogP contribution in [0.2, 0.25) is 0 Å². The van der Waals surface area contributed by atoms with Crippen LogP contribution in [0, 0.1) is 5.92 Å². The second-order valence-corrected chi connectivity index (χ2v) is 5.15. The number of rotatable bonds is 3. The molecule has 2 heteroatoms. The number of likely N-dealkylation sites (tertiary alicyclic amines) is 1. The van der Waals surface area contributed by atoms with Crippen molar-refractivity contribution < 1.29 is 4.79 Å². The van der Waals surface area contributed by atoms with Gasteiger partial charge in [-0.1, -0.05) is 37.3 Å². The van der Waals surface area contributed by atoms with Crippen molar-refractivity contribution in [2.45, 2.75) is 32.2 Å². The summed E-state index contributed by atoms with van der Waals surface area (Å²) in [5.74, 6) is 1.22. The van der Waals surface area contributed by atoms with Gasteiger partial charge in [0.1, 0.15) is 0 Å². The maximum Gasteiger partial charge on any atom is 0.213 e. The molecule has 0 saturated carbocycles. The predicted octanol–water partition coefficient (Wildman–Crippen LogP) is 2.61. The van der Waals surface area contributed by atoms with E-state index in [0.717, 1.165) is 13.0 Å². The summed E-state index contributed by atoms with van der Waals surface area (Å²) >= 11 is 0. The molecule has 3 atom stereocenters. The third-order valence-corrected chi connectivity index (χ3v) is 3.92. The van der Waals surface area contributed by atoms with Gasteiger partial charge in [0.05, 0.1) is 6.54 Å². The fourth-order valence-electron chi connectivity index (χ4n) is 2.89. The van der Waals surface area contributed by atoms with Crippen molar-refractivity contribution in [3.8, 4) is 0 Å². The molecule has 3 unspecified atom stereocenters. The second kappa shape index (κ2) is 5.46. The molecule has 1 heterocycles. The number of nitrogens with zero attached hydrogens (tertiary/aromatic N) is 1. The molecule has 1 saturated heterocycles. The summed E-state index contributed by atoms with van der Waals surface area (Å²) in [5, 5.41) is 0. The third-order valence-electron chi connectivity index (χ3n) is 3.92. The molecule has 2 rings (SSSR count). The average molecular weight is 230 g/mol. The van der Waals surface area contributed by atoms with E-state index >= 15 is 0 Å². The van der Waals surface area contributed by atoms with Crippen LogP contribution < -0.4 is 0 Å². The number of piperidine rings is 1. The highest BCUT2D eigenvalue weighted by molar-refractivity contribution is 5.53. The summed E-state index contributed by atoms with van der Waals surface area (Å²) in [4.78, 5) is 12.7. The van der Waals surface area contributed by atoms with Gasteiger partial charge >= 0.3 is 0 Å². The zero-order chi connectivity index (χ0) is 12.3. The molecule has 0 bridgehead atoms. The zero-order valence-electron chi connectivity index (χ0n) is 10.6. The normalized spacial score (nSPS) is 30.1. The van der Waals surface area contributed by atoms with Crippen molar-refractivity contribution in [1.29, 1.82) is 0 Å². The molecule has 1 aromatic carbocycles. The van der Waals surface area contributed by atoms with E-state index in [0.29, 0.717) is 24.4 Å². The molecule has 0 aliphatic carbocycles. The Balaban J connectivity index is 2.10. The highest BCUT2D eigenvalue weighted by atomic mass is 16.1. The molecule has 0 amide bonds. The van der Waals surface area contributed by atoms with Crippen molar-refractivity contribution in [3.63, 3.8) is 0 Å². The topological polar surface area (TPSA) is 20.3 Å². The summed E-state index contributed by atoms with van der Waals surface area (Å²) in [5.41, 5.74) is 1.43. The summed E-state index contributed by atoms with van der Waals surface area (Å²) < 4.78 is 0. The van der Waals surface area contributed by atoms with Crippen molar-refractivity contribution in [2.75, 3.05) is 13.1 Å². The Bertz CT molecular complexity index is 362. The Morgan fingerprint density at radius 2 is 2.00 bits per heavy atom. The van der Waals surface area contributed by atoms with Crippen LogP contribution >= 0.6 is 0 Å². The summed E-state index contributed by atoms with van der Waals surface area (Å²) in [6.07, 6.45) is 3.15. The van der Waals surface area contributed by atoms with Gasteiger partial charge in [0, 0.05) is 12.6 Å². The first-order valence-electron chi connectivity index (χ1n) is 6.36. The molecule has 2 nitrogen and oxygen atoms in total. The first kappa shape index (κ1) is 12.3. The van der Waals surface area contributed by atoms with E-state index in [1.54, 1.807) is 0 Å². The molecule has 1 fully saturated rings. The van der Waals surface area contributed by atoms with Crippen LogP contribution in [-0.4, -0.2) is 30.3 Å². The number of hydrogen-bond acceptors (Lipinski definition) is 2. The van der Waals surface area contributed by atoms with Gasteiger partial charge in [-0.25, -0.2) is 0 Å². The van der Waals surface area contributed by atoms with Crippen LogP contribution in [0.25, 0.3) is 0 Å². The maximum absolute atomic E-state index is 10.5. The molecular formula is C15H20NO. The lowest BCUT2D eigenvalue weighted by Crippen LogP contribution is -2.45. The van der Waals surface area contributed by atoms with Crippen molar-refractivity contribution in [2.24, 2.45) is 5.92 Å². The Labute approximate surface area is 104 Å². The zero-order valence-corrected chi connectivity index (χ0v) is 10.6. The largest absolute Gasteiger partial charge is 0.293 e. The standard InChI is InChI=1S/C15H20NO/c1-12-11-16(8-9-17)13(2)10-15(12)14-6-4-3-5-7-14/h3-7,12-13,15H,8,10-11H2,1-2H3. The van der Waals surface area contributed by atoms with Gasteiger partial charge in [-0.05, 0) is 30.7 Å². The molecular weight excluding hydrogens is 210 g/mol. The summed E-state index contributed by atoms with van der Waals surface area (Å²) in [7, 11) is 0. The lowest BCUT2D eigenvalue weighted by atomic mass is 9.79. The predicted molar refractivity (Wildman–Crippen MR) is 69.7 cm³/mol. The van der Waals surface area contributed by atoms with Gasteiger partial charge < -0.3 is 0 Å². The molecule has 1 aromatic rings. The first-order valence-corrected chi connectivity index (χ1v) is 6.36. The van der Waals surface area contributed by atoms with Crippen molar-refractivity contribution in [1.82, 2.24) is 4.90 Å². The van der Waals surface area contributed by atoms with Gasteiger partial charge in [0.15, 0.2) is 0 Å². The lowest BCUT2D eigenvalue weighted by molar-refractivity contribution is 0.124. The number of hydrogen-bond donors (Lipinski definition) is 0.